The Labute approximate surface area is 110 Å². The maximum absolute atomic E-state index is 11.0. The number of hydrogen-bond donors (Lipinski definition) is 2. The molecule has 0 spiro atoms. The first kappa shape index (κ1) is 13.9. The Morgan fingerprint density at radius 1 is 1.69 bits per heavy atom. The fourth-order valence-corrected chi connectivity index (χ4v) is 2.88. The van der Waals surface area contributed by atoms with Crippen LogP contribution in [0.5, 0.6) is 0 Å². The summed E-state index contributed by atoms with van der Waals surface area (Å²) in [4.78, 5) is 16.2. The van der Waals surface area contributed by atoms with Gasteiger partial charge in [0, 0.05) is 12.0 Å². The van der Waals surface area contributed by atoms with Crippen molar-refractivity contribution < 1.29 is 9.63 Å². The zero-order valence-corrected chi connectivity index (χ0v) is 12.0. The summed E-state index contributed by atoms with van der Waals surface area (Å²) < 4.78 is 1.26. The molecule has 1 aliphatic rings. The number of amides is 1. The molecule has 1 rings (SSSR count). The number of carbonyl (C=O) groups excluding carboxylic acids is 1. The van der Waals surface area contributed by atoms with Crippen molar-refractivity contribution in [2.45, 2.75) is 45.1 Å². The lowest BCUT2D eigenvalue weighted by atomic mass is 9.83. The Bertz CT molecular complexity index is 300. The minimum Gasteiger partial charge on any atom is -0.322 e. The van der Waals surface area contributed by atoms with E-state index in [1.165, 1.54) is 3.58 Å². The minimum absolute atomic E-state index is 0.106. The Morgan fingerprint density at radius 3 is 2.94 bits per heavy atom. The standard InChI is InChI=1S/C11H19IN2O2/c1-3-10(15)14-16-7-8-9(12)5-4-6-11(8,2)13/h3-7,13H2,1-2H3,(H,14,15)/t11-/m1/s1. The maximum Gasteiger partial charge on any atom is 0.243 e. The van der Waals surface area contributed by atoms with E-state index in [0.29, 0.717) is 13.0 Å². The molecule has 0 saturated heterocycles. The van der Waals surface area contributed by atoms with E-state index >= 15 is 0 Å². The van der Waals surface area contributed by atoms with Gasteiger partial charge in [-0.25, -0.2) is 5.48 Å². The molecular formula is C11H19IN2O2. The number of halogens is 1. The molecule has 5 heteroatoms. The second kappa shape index (κ2) is 5.97. The van der Waals surface area contributed by atoms with Gasteiger partial charge in [-0.1, -0.05) is 6.92 Å². The van der Waals surface area contributed by atoms with E-state index in [9.17, 15) is 4.79 Å². The molecule has 0 aliphatic heterocycles. The summed E-state index contributed by atoms with van der Waals surface area (Å²) >= 11 is 2.32. The molecule has 0 aromatic carbocycles. The summed E-state index contributed by atoms with van der Waals surface area (Å²) in [5, 5.41) is 0. The first-order valence-electron chi connectivity index (χ1n) is 5.55. The molecule has 4 nitrogen and oxygen atoms in total. The molecule has 1 aliphatic carbocycles. The Hall–Kier alpha value is -0.140. The highest BCUT2D eigenvalue weighted by molar-refractivity contribution is 14.1. The van der Waals surface area contributed by atoms with Crippen LogP contribution in [0.2, 0.25) is 0 Å². The van der Waals surface area contributed by atoms with Gasteiger partial charge in [0.1, 0.15) is 0 Å². The molecule has 0 aromatic rings. The number of hydrogen-bond acceptors (Lipinski definition) is 3. The zero-order chi connectivity index (χ0) is 12.2. The molecule has 1 atom stereocenters. The van der Waals surface area contributed by atoms with Crippen LogP contribution in [-0.4, -0.2) is 18.1 Å². The molecule has 0 radical (unpaired) electrons. The van der Waals surface area contributed by atoms with Crippen molar-refractivity contribution in [1.29, 1.82) is 0 Å². The van der Waals surface area contributed by atoms with Crippen LogP contribution in [-0.2, 0) is 9.63 Å². The summed E-state index contributed by atoms with van der Waals surface area (Å²) in [5.74, 6) is -0.106. The molecule has 3 N–H and O–H groups in total. The van der Waals surface area contributed by atoms with Crippen molar-refractivity contribution in [3.8, 4) is 0 Å². The lowest BCUT2D eigenvalue weighted by molar-refractivity contribution is -0.132. The average molecular weight is 338 g/mol. The highest BCUT2D eigenvalue weighted by atomic mass is 127. The van der Waals surface area contributed by atoms with E-state index in [0.717, 1.165) is 24.8 Å². The maximum atomic E-state index is 11.0. The molecule has 0 aromatic heterocycles. The summed E-state index contributed by atoms with van der Waals surface area (Å²) in [6.07, 6.45) is 3.58. The van der Waals surface area contributed by atoms with Gasteiger partial charge in [-0.3, -0.25) is 9.63 Å². The van der Waals surface area contributed by atoms with Gasteiger partial charge in [0.05, 0.1) is 6.61 Å². The van der Waals surface area contributed by atoms with Crippen LogP contribution in [0.15, 0.2) is 9.15 Å². The molecule has 92 valence electrons. The zero-order valence-electron chi connectivity index (χ0n) is 9.81. The van der Waals surface area contributed by atoms with Gasteiger partial charge in [0.25, 0.3) is 0 Å². The van der Waals surface area contributed by atoms with E-state index in [1.54, 1.807) is 6.92 Å². The minimum atomic E-state index is -0.300. The van der Waals surface area contributed by atoms with E-state index in [-0.39, 0.29) is 11.4 Å². The van der Waals surface area contributed by atoms with Crippen LogP contribution in [0, 0.1) is 0 Å². The number of nitrogens with two attached hydrogens (primary N) is 1. The van der Waals surface area contributed by atoms with E-state index < -0.39 is 0 Å². The van der Waals surface area contributed by atoms with Gasteiger partial charge in [0.15, 0.2) is 0 Å². The number of allylic oxidation sites excluding steroid dienone is 1. The van der Waals surface area contributed by atoms with Crippen molar-refractivity contribution in [3.05, 3.63) is 9.15 Å². The SMILES string of the molecule is CCC(=O)NOCC1=C(I)CCC[C@@]1(C)N. The van der Waals surface area contributed by atoms with Crippen molar-refractivity contribution in [2.24, 2.45) is 5.73 Å². The number of rotatable bonds is 4. The summed E-state index contributed by atoms with van der Waals surface area (Å²) in [5.41, 5.74) is 9.42. The van der Waals surface area contributed by atoms with Crippen molar-refractivity contribution in [2.75, 3.05) is 6.61 Å². The monoisotopic (exact) mass is 338 g/mol. The fraction of sp³-hybridized carbons (Fsp3) is 0.727. The third-order valence-corrected chi connectivity index (χ3v) is 4.02. The van der Waals surface area contributed by atoms with E-state index in [2.05, 4.69) is 28.1 Å². The Balaban J connectivity index is 2.54. The van der Waals surface area contributed by atoms with Crippen molar-refractivity contribution >= 4 is 28.5 Å². The fourth-order valence-electron chi connectivity index (χ4n) is 1.73. The van der Waals surface area contributed by atoms with Crippen LogP contribution in [0.3, 0.4) is 0 Å². The third kappa shape index (κ3) is 3.71. The summed E-state index contributed by atoms with van der Waals surface area (Å²) in [6, 6.07) is 0. The van der Waals surface area contributed by atoms with Gasteiger partial charge in [-0.2, -0.15) is 0 Å². The van der Waals surface area contributed by atoms with Gasteiger partial charge < -0.3 is 5.73 Å². The molecule has 0 unspecified atom stereocenters. The molecule has 0 bridgehead atoms. The molecule has 0 heterocycles. The van der Waals surface area contributed by atoms with Gasteiger partial charge >= 0.3 is 0 Å². The third-order valence-electron chi connectivity index (χ3n) is 2.83. The molecule has 0 saturated carbocycles. The molecule has 0 fully saturated rings. The second-order valence-electron chi connectivity index (χ2n) is 4.32. The Morgan fingerprint density at radius 2 is 2.38 bits per heavy atom. The summed E-state index contributed by atoms with van der Waals surface area (Å²) in [7, 11) is 0. The van der Waals surface area contributed by atoms with Crippen LogP contribution in [0.25, 0.3) is 0 Å². The Kier molecular flexibility index (Phi) is 5.20. The largest absolute Gasteiger partial charge is 0.322 e. The normalized spacial score (nSPS) is 25.8. The number of carbonyl (C=O) groups is 1. The second-order valence-corrected chi connectivity index (χ2v) is 5.62. The van der Waals surface area contributed by atoms with Crippen molar-refractivity contribution in [3.63, 3.8) is 0 Å². The van der Waals surface area contributed by atoms with Crippen LogP contribution >= 0.6 is 22.6 Å². The average Bonchev–Trinajstić information content (AvgIpc) is 2.21. The lowest BCUT2D eigenvalue weighted by Gasteiger charge is -2.33. The molecule has 16 heavy (non-hydrogen) atoms. The first-order chi connectivity index (χ1) is 7.47. The molecule has 1 amide bonds. The van der Waals surface area contributed by atoms with Gasteiger partial charge in [0.2, 0.25) is 5.91 Å². The molecular weight excluding hydrogens is 319 g/mol. The van der Waals surface area contributed by atoms with Gasteiger partial charge in [-0.15, -0.1) is 0 Å². The highest BCUT2D eigenvalue weighted by Gasteiger charge is 2.29. The predicted molar refractivity (Wildman–Crippen MR) is 71.9 cm³/mol. The van der Waals surface area contributed by atoms with Crippen LogP contribution in [0.4, 0.5) is 0 Å². The first-order valence-corrected chi connectivity index (χ1v) is 6.62. The quantitative estimate of drug-likeness (QED) is 0.609. The smallest absolute Gasteiger partial charge is 0.243 e. The lowest BCUT2D eigenvalue weighted by Crippen LogP contribution is -2.43. The van der Waals surface area contributed by atoms with Gasteiger partial charge in [-0.05, 0) is 57.9 Å². The number of nitrogens with one attached hydrogen (secondary N) is 1. The highest BCUT2D eigenvalue weighted by Crippen LogP contribution is 2.34. The summed E-state index contributed by atoms with van der Waals surface area (Å²) in [6.45, 7) is 4.19. The topological polar surface area (TPSA) is 64.3 Å². The van der Waals surface area contributed by atoms with E-state index in [1.807, 2.05) is 6.92 Å². The van der Waals surface area contributed by atoms with Crippen molar-refractivity contribution in [1.82, 2.24) is 5.48 Å². The van der Waals surface area contributed by atoms with E-state index in [4.69, 9.17) is 10.6 Å². The predicted octanol–water partition coefficient (Wildman–Crippen LogP) is 2.03. The van der Waals surface area contributed by atoms with Crippen LogP contribution in [0.1, 0.15) is 39.5 Å². The number of hydroxylamine groups is 1. The van der Waals surface area contributed by atoms with Crippen LogP contribution < -0.4 is 11.2 Å².